The number of ether oxygens (including phenoxy) is 3. The Morgan fingerprint density at radius 1 is 1.41 bits per heavy atom. The first-order valence-electron chi connectivity index (χ1n) is 6.68. The van der Waals surface area contributed by atoms with E-state index in [4.69, 9.17) is 14.2 Å². The quantitative estimate of drug-likeness (QED) is 0.902. The number of carbonyl (C=O) groups is 1. The van der Waals surface area contributed by atoms with Gasteiger partial charge in [0.25, 0.3) is 0 Å². The van der Waals surface area contributed by atoms with Gasteiger partial charge in [-0.3, -0.25) is 5.32 Å². The third kappa shape index (κ3) is 3.22. The van der Waals surface area contributed by atoms with Gasteiger partial charge in [0.05, 0.1) is 13.3 Å². The maximum Gasteiger partial charge on any atom is 0.321 e. The predicted molar refractivity (Wildman–Crippen MR) is 82.0 cm³/mol. The molecule has 7 nitrogen and oxygen atoms in total. The first kappa shape index (κ1) is 14.5. The largest absolute Gasteiger partial charge is 0.486 e. The molecule has 1 aliphatic heterocycles. The number of methoxy groups -OCH3 is 1. The highest BCUT2D eigenvalue weighted by molar-refractivity contribution is 7.17. The number of urea groups is 1. The van der Waals surface area contributed by atoms with E-state index < -0.39 is 0 Å². The molecular formula is C14H15N3O4S. The predicted octanol–water partition coefficient (Wildman–Crippen LogP) is 2.24. The van der Waals surface area contributed by atoms with Crippen molar-refractivity contribution in [2.24, 2.45) is 0 Å². The number of rotatable bonds is 4. The lowest BCUT2D eigenvalue weighted by molar-refractivity contribution is 0.169. The van der Waals surface area contributed by atoms with E-state index in [9.17, 15) is 4.79 Å². The van der Waals surface area contributed by atoms with E-state index in [0.717, 1.165) is 5.56 Å². The zero-order valence-electron chi connectivity index (χ0n) is 11.9. The molecule has 1 aromatic carbocycles. The zero-order chi connectivity index (χ0) is 15.4. The maximum absolute atomic E-state index is 11.9. The molecule has 0 fully saturated rings. The van der Waals surface area contributed by atoms with Crippen LogP contribution in [0.3, 0.4) is 0 Å². The minimum atomic E-state index is -0.341. The van der Waals surface area contributed by atoms with Crippen LogP contribution in [-0.4, -0.2) is 31.3 Å². The Balaban J connectivity index is 1.59. The number of fused-ring (bicyclic) bond motifs is 1. The third-order valence-corrected chi connectivity index (χ3v) is 3.87. The molecule has 2 aromatic rings. The summed E-state index contributed by atoms with van der Waals surface area (Å²) in [6.45, 7) is 1.38. The van der Waals surface area contributed by atoms with E-state index in [1.807, 2.05) is 18.2 Å². The summed E-state index contributed by atoms with van der Waals surface area (Å²) >= 11 is 1.26. The summed E-state index contributed by atoms with van der Waals surface area (Å²) in [6.07, 6.45) is 1.55. The number of nitrogens with zero attached hydrogens (tertiary/aromatic N) is 1. The first-order valence-corrected chi connectivity index (χ1v) is 7.50. The van der Waals surface area contributed by atoms with Crippen LogP contribution in [-0.2, 0) is 6.54 Å². The number of benzene rings is 1. The van der Waals surface area contributed by atoms with Gasteiger partial charge in [-0.05, 0) is 6.07 Å². The molecule has 0 bridgehead atoms. The van der Waals surface area contributed by atoms with Crippen LogP contribution in [0.1, 0.15) is 5.56 Å². The fraction of sp³-hybridized carbons (Fsp3) is 0.286. The summed E-state index contributed by atoms with van der Waals surface area (Å²) in [7, 11) is 1.55. The monoisotopic (exact) mass is 321 g/mol. The molecule has 22 heavy (non-hydrogen) atoms. The molecule has 0 saturated carbocycles. The third-order valence-electron chi connectivity index (χ3n) is 2.99. The first-order chi connectivity index (χ1) is 10.8. The fourth-order valence-corrected chi connectivity index (χ4v) is 2.63. The average Bonchev–Trinajstić information content (AvgIpc) is 3.00. The number of amides is 2. The van der Waals surface area contributed by atoms with E-state index >= 15 is 0 Å². The minimum absolute atomic E-state index is 0.334. The summed E-state index contributed by atoms with van der Waals surface area (Å²) in [5.41, 5.74) is 0.865. The number of para-hydroxylation sites is 1. The lowest BCUT2D eigenvalue weighted by Gasteiger charge is -2.21. The molecule has 0 unspecified atom stereocenters. The summed E-state index contributed by atoms with van der Waals surface area (Å²) in [5.74, 6) is 1.39. The highest BCUT2D eigenvalue weighted by atomic mass is 32.1. The molecule has 0 atom stereocenters. The van der Waals surface area contributed by atoms with Gasteiger partial charge in [-0.15, -0.1) is 0 Å². The second-order valence-electron chi connectivity index (χ2n) is 4.44. The number of thiazole rings is 1. The van der Waals surface area contributed by atoms with Gasteiger partial charge in [0.1, 0.15) is 13.2 Å². The molecule has 0 saturated heterocycles. The van der Waals surface area contributed by atoms with Gasteiger partial charge < -0.3 is 19.5 Å². The summed E-state index contributed by atoms with van der Waals surface area (Å²) < 4.78 is 16.1. The molecule has 0 radical (unpaired) electrons. The van der Waals surface area contributed by atoms with Crippen molar-refractivity contribution in [2.75, 3.05) is 25.6 Å². The Labute approximate surface area is 131 Å². The van der Waals surface area contributed by atoms with Crippen molar-refractivity contribution in [3.05, 3.63) is 30.0 Å². The minimum Gasteiger partial charge on any atom is -0.486 e. The van der Waals surface area contributed by atoms with Crippen LogP contribution in [0.4, 0.5) is 9.93 Å². The normalized spacial score (nSPS) is 12.6. The van der Waals surface area contributed by atoms with Crippen LogP contribution in [0.2, 0.25) is 0 Å². The molecule has 116 valence electrons. The molecule has 2 heterocycles. The van der Waals surface area contributed by atoms with Crippen LogP contribution < -0.4 is 24.8 Å². The number of carbonyl (C=O) groups excluding carboxylic acids is 1. The van der Waals surface area contributed by atoms with Crippen molar-refractivity contribution in [3.8, 4) is 16.6 Å². The van der Waals surface area contributed by atoms with Gasteiger partial charge in [-0.1, -0.05) is 23.5 Å². The van der Waals surface area contributed by atoms with E-state index in [2.05, 4.69) is 15.6 Å². The van der Waals surface area contributed by atoms with Crippen LogP contribution in [0, 0.1) is 0 Å². The molecule has 2 amide bonds. The lowest BCUT2D eigenvalue weighted by Crippen LogP contribution is -2.28. The topological polar surface area (TPSA) is 81.7 Å². The van der Waals surface area contributed by atoms with E-state index in [1.165, 1.54) is 11.3 Å². The van der Waals surface area contributed by atoms with Gasteiger partial charge >= 0.3 is 6.03 Å². The van der Waals surface area contributed by atoms with E-state index in [0.29, 0.717) is 41.5 Å². The Kier molecular flexibility index (Phi) is 4.29. The van der Waals surface area contributed by atoms with Crippen LogP contribution >= 0.6 is 11.3 Å². The van der Waals surface area contributed by atoms with Gasteiger partial charge in [-0.2, -0.15) is 0 Å². The molecule has 1 aromatic heterocycles. The Bertz CT molecular complexity index is 674. The zero-order valence-corrected chi connectivity index (χ0v) is 12.7. The highest BCUT2D eigenvalue weighted by Crippen LogP contribution is 2.33. The Morgan fingerprint density at radius 2 is 2.27 bits per heavy atom. The molecule has 3 rings (SSSR count). The van der Waals surface area contributed by atoms with Crippen LogP contribution in [0.25, 0.3) is 0 Å². The van der Waals surface area contributed by atoms with Crippen LogP contribution in [0.5, 0.6) is 16.6 Å². The fourth-order valence-electron chi connectivity index (χ4n) is 2.00. The van der Waals surface area contributed by atoms with Crippen molar-refractivity contribution in [1.82, 2.24) is 10.3 Å². The average molecular weight is 321 g/mol. The number of aromatic nitrogens is 1. The van der Waals surface area contributed by atoms with Crippen molar-refractivity contribution >= 4 is 22.5 Å². The SMILES string of the molecule is COc1cnc(NC(=O)NCc2cccc3c2OCCO3)s1. The van der Waals surface area contributed by atoms with Crippen LogP contribution in [0.15, 0.2) is 24.4 Å². The number of hydrogen-bond donors (Lipinski definition) is 2. The highest BCUT2D eigenvalue weighted by Gasteiger charge is 2.16. The number of anilines is 1. The lowest BCUT2D eigenvalue weighted by atomic mass is 10.1. The Hall–Kier alpha value is -2.48. The summed E-state index contributed by atoms with van der Waals surface area (Å²) in [5, 5.41) is 6.53. The van der Waals surface area contributed by atoms with Gasteiger partial charge in [0, 0.05) is 12.1 Å². The van der Waals surface area contributed by atoms with Crippen molar-refractivity contribution < 1.29 is 19.0 Å². The molecule has 0 spiro atoms. The molecule has 2 N–H and O–H groups in total. The molecule has 0 aliphatic carbocycles. The van der Waals surface area contributed by atoms with Crippen molar-refractivity contribution in [1.29, 1.82) is 0 Å². The summed E-state index contributed by atoms with van der Waals surface area (Å²) in [4.78, 5) is 15.9. The summed E-state index contributed by atoms with van der Waals surface area (Å²) in [6, 6.07) is 5.26. The van der Waals surface area contributed by atoms with E-state index in [1.54, 1.807) is 13.3 Å². The molecular weight excluding hydrogens is 306 g/mol. The second kappa shape index (κ2) is 6.52. The van der Waals surface area contributed by atoms with Gasteiger partial charge in [-0.25, -0.2) is 9.78 Å². The van der Waals surface area contributed by atoms with Gasteiger partial charge in [0.15, 0.2) is 21.7 Å². The standard InChI is InChI=1S/C14H15N3O4S/c1-19-11-8-16-14(22-11)17-13(18)15-7-9-3-2-4-10-12(9)21-6-5-20-10/h2-4,8H,5-7H2,1H3,(H2,15,16,17,18). The van der Waals surface area contributed by atoms with Gasteiger partial charge in [0.2, 0.25) is 0 Å². The van der Waals surface area contributed by atoms with Crippen molar-refractivity contribution in [2.45, 2.75) is 6.54 Å². The smallest absolute Gasteiger partial charge is 0.321 e. The molecule has 8 heteroatoms. The second-order valence-corrected chi connectivity index (χ2v) is 5.43. The Morgan fingerprint density at radius 3 is 3.09 bits per heavy atom. The molecule has 1 aliphatic rings. The van der Waals surface area contributed by atoms with E-state index in [-0.39, 0.29) is 6.03 Å². The van der Waals surface area contributed by atoms with Crippen molar-refractivity contribution in [3.63, 3.8) is 0 Å². The maximum atomic E-state index is 11.9. The number of nitrogens with one attached hydrogen (secondary N) is 2. The number of hydrogen-bond acceptors (Lipinski definition) is 6.